The van der Waals surface area contributed by atoms with Gasteiger partial charge in [0.1, 0.15) is 11.9 Å². The topological polar surface area (TPSA) is 41.6 Å². The molecule has 0 aliphatic heterocycles. The smallest absolute Gasteiger partial charge is 0.242 e. The molecular weight excluding hydrogens is 259 g/mol. The first-order valence-electron chi connectivity index (χ1n) is 6.83. The van der Waals surface area contributed by atoms with E-state index in [-0.39, 0.29) is 11.7 Å². The number of carbonyl (C=O) groups is 1. The van der Waals surface area contributed by atoms with Crippen molar-refractivity contribution >= 4 is 5.91 Å². The van der Waals surface area contributed by atoms with E-state index in [1.54, 1.807) is 17.0 Å². The molecule has 0 spiro atoms. The molecule has 4 nitrogen and oxygen atoms in total. The van der Waals surface area contributed by atoms with Crippen LogP contribution in [-0.4, -0.2) is 44.7 Å². The van der Waals surface area contributed by atoms with E-state index in [1.807, 2.05) is 21.0 Å². The van der Waals surface area contributed by atoms with Crippen LogP contribution in [0, 0.1) is 5.82 Å². The Bertz CT molecular complexity index is 407. The Kier molecular flexibility index (Phi) is 7.18. The third-order valence-electron chi connectivity index (χ3n) is 2.84. The molecule has 0 bridgehead atoms. The van der Waals surface area contributed by atoms with Crippen LogP contribution in [0.1, 0.15) is 24.9 Å². The van der Waals surface area contributed by atoms with Crippen LogP contribution in [0.4, 0.5) is 4.39 Å². The molecule has 0 fully saturated rings. The molecule has 20 heavy (non-hydrogen) atoms. The number of halogens is 1. The molecule has 112 valence electrons. The van der Waals surface area contributed by atoms with E-state index in [0.717, 1.165) is 12.0 Å². The monoisotopic (exact) mass is 282 g/mol. The molecule has 1 unspecified atom stereocenters. The molecule has 0 saturated heterocycles. The number of benzene rings is 1. The van der Waals surface area contributed by atoms with E-state index in [2.05, 4.69) is 5.32 Å². The summed E-state index contributed by atoms with van der Waals surface area (Å²) in [5.41, 5.74) is 0.767. The van der Waals surface area contributed by atoms with Crippen molar-refractivity contribution < 1.29 is 13.9 Å². The summed E-state index contributed by atoms with van der Waals surface area (Å²) in [7, 11) is 3.64. The number of carbonyl (C=O) groups excluding carboxylic acids is 1. The van der Waals surface area contributed by atoms with Crippen LogP contribution < -0.4 is 5.32 Å². The summed E-state index contributed by atoms with van der Waals surface area (Å²) in [6.07, 6.45) is 0.962. The van der Waals surface area contributed by atoms with Gasteiger partial charge in [-0.3, -0.25) is 9.69 Å². The highest BCUT2D eigenvalue weighted by Crippen LogP contribution is 2.18. The van der Waals surface area contributed by atoms with E-state index in [9.17, 15) is 9.18 Å². The van der Waals surface area contributed by atoms with E-state index in [0.29, 0.717) is 19.8 Å². The van der Waals surface area contributed by atoms with E-state index in [1.165, 1.54) is 12.1 Å². The van der Waals surface area contributed by atoms with E-state index in [4.69, 9.17) is 4.74 Å². The highest BCUT2D eigenvalue weighted by atomic mass is 19.1. The third-order valence-corrected chi connectivity index (χ3v) is 2.84. The highest BCUT2D eigenvalue weighted by Gasteiger charge is 2.22. The zero-order valence-corrected chi connectivity index (χ0v) is 12.4. The molecule has 1 aromatic rings. The number of ether oxygens (including phenoxy) is 1. The number of nitrogens with one attached hydrogen (secondary N) is 1. The predicted octanol–water partition coefficient (Wildman–Crippen LogP) is 1.97. The van der Waals surface area contributed by atoms with Gasteiger partial charge >= 0.3 is 0 Å². The molecule has 0 heterocycles. The SMILES string of the molecule is CCCOCCNC(=O)C(c1ccc(F)cc1)N(C)C. The van der Waals surface area contributed by atoms with Crippen LogP contribution in [0.5, 0.6) is 0 Å². The predicted molar refractivity (Wildman–Crippen MR) is 76.9 cm³/mol. The van der Waals surface area contributed by atoms with Gasteiger partial charge in [-0.25, -0.2) is 4.39 Å². The summed E-state index contributed by atoms with van der Waals surface area (Å²) in [5, 5.41) is 2.84. The lowest BCUT2D eigenvalue weighted by Crippen LogP contribution is -2.38. The second-order valence-electron chi connectivity index (χ2n) is 4.82. The lowest BCUT2D eigenvalue weighted by atomic mass is 10.1. The lowest BCUT2D eigenvalue weighted by Gasteiger charge is -2.23. The lowest BCUT2D eigenvalue weighted by molar-refractivity contribution is -0.126. The molecule has 0 aliphatic carbocycles. The second-order valence-corrected chi connectivity index (χ2v) is 4.82. The van der Waals surface area contributed by atoms with Crippen molar-refractivity contribution in [3.05, 3.63) is 35.6 Å². The van der Waals surface area contributed by atoms with Gasteiger partial charge in [-0.1, -0.05) is 19.1 Å². The highest BCUT2D eigenvalue weighted by molar-refractivity contribution is 5.83. The second kappa shape index (κ2) is 8.66. The molecular formula is C15H23FN2O2. The van der Waals surface area contributed by atoms with E-state index >= 15 is 0 Å². The van der Waals surface area contributed by atoms with Gasteiger partial charge in [0.25, 0.3) is 0 Å². The van der Waals surface area contributed by atoms with Crippen molar-refractivity contribution in [2.75, 3.05) is 33.9 Å². The first-order chi connectivity index (χ1) is 9.56. The van der Waals surface area contributed by atoms with Crippen LogP contribution >= 0.6 is 0 Å². The summed E-state index contributed by atoms with van der Waals surface area (Å²) in [6, 6.07) is 5.56. The van der Waals surface area contributed by atoms with Gasteiger partial charge in [0.15, 0.2) is 0 Å². The average molecular weight is 282 g/mol. The van der Waals surface area contributed by atoms with E-state index < -0.39 is 6.04 Å². The average Bonchev–Trinajstić information content (AvgIpc) is 2.40. The summed E-state index contributed by atoms with van der Waals surface area (Å²) in [4.78, 5) is 14.0. The molecule has 5 heteroatoms. The summed E-state index contributed by atoms with van der Waals surface area (Å²) < 4.78 is 18.3. The Hall–Kier alpha value is -1.46. The number of amides is 1. The van der Waals surface area contributed by atoms with Crippen molar-refractivity contribution in [3.8, 4) is 0 Å². The van der Waals surface area contributed by atoms with Crippen LogP contribution in [0.3, 0.4) is 0 Å². The normalized spacial score (nSPS) is 12.4. The summed E-state index contributed by atoms with van der Waals surface area (Å²) >= 11 is 0. The van der Waals surface area contributed by atoms with Gasteiger partial charge in [0.05, 0.1) is 6.61 Å². The number of rotatable bonds is 8. The fourth-order valence-electron chi connectivity index (χ4n) is 1.92. The fourth-order valence-corrected chi connectivity index (χ4v) is 1.92. The largest absolute Gasteiger partial charge is 0.380 e. The molecule has 0 radical (unpaired) electrons. The van der Waals surface area contributed by atoms with Crippen molar-refractivity contribution in [1.82, 2.24) is 10.2 Å². The van der Waals surface area contributed by atoms with Gasteiger partial charge in [0, 0.05) is 13.2 Å². The van der Waals surface area contributed by atoms with Crippen LogP contribution in [0.15, 0.2) is 24.3 Å². The summed E-state index contributed by atoms with van der Waals surface area (Å²) in [5.74, 6) is -0.415. The van der Waals surface area contributed by atoms with Crippen molar-refractivity contribution in [2.45, 2.75) is 19.4 Å². The molecule has 0 saturated carbocycles. The van der Waals surface area contributed by atoms with Crippen molar-refractivity contribution in [2.24, 2.45) is 0 Å². The van der Waals surface area contributed by atoms with Crippen LogP contribution in [0.2, 0.25) is 0 Å². The van der Waals surface area contributed by atoms with Crippen LogP contribution in [-0.2, 0) is 9.53 Å². The van der Waals surface area contributed by atoms with Gasteiger partial charge < -0.3 is 10.1 Å². The Morgan fingerprint density at radius 3 is 2.50 bits per heavy atom. The van der Waals surface area contributed by atoms with Gasteiger partial charge in [0.2, 0.25) is 5.91 Å². The Morgan fingerprint density at radius 2 is 1.95 bits per heavy atom. The maximum absolute atomic E-state index is 12.9. The number of nitrogens with zero attached hydrogens (tertiary/aromatic N) is 1. The number of hydrogen-bond donors (Lipinski definition) is 1. The molecule has 0 aromatic heterocycles. The first kappa shape index (κ1) is 16.6. The minimum Gasteiger partial charge on any atom is -0.380 e. The van der Waals surface area contributed by atoms with Gasteiger partial charge in [-0.05, 0) is 38.2 Å². The number of likely N-dealkylation sites (N-methyl/N-ethyl adjacent to an activating group) is 1. The third kappa shape index (κ3) is 5.27. The number of hydrogen-bond acceptors (Lipinski definition) is 3. The maximum atomic E-state index is 12.9. The van der Waals surface area contributed by atoms with Crippen molar-refractivity contribution in [3.63, 3.8) is 0 Å². The minimum atomic E-state index is -0.429. The zero-order valence-electron chi connectivity index (χ0n) is 12.4. The van der Waals surface area contributed by atoms with Gasteiger partial charge in [-0.15, -0.1) is 0 Å². The molecule has 0 aliphatic rings. The Morgan fingerprint density at radius 1 is 1.30 bits per heavy atom. The maximum Gasteiger partial charge on any atom is 0.242 e. The minimum absolute atomic E-state index is 0.110. The fraction of sp³-hybridized carbons (Fsp3) is 0.533. The molecule has 1 amide bonds. The van der Waals surface area contributed by atoms with Crippen LogP contribution in [0.25, 0.3) is 0 Å². The Balaban J connectivity index is 2.57. The van der Waals surface area contributed by atoms with Crippen molar-refractivity contribution in [1.29, 1.82) is 0 Å². The standard InChI is InChI=1S/C15H23FN2O2/c1-4-10-20-11-9-17-15(19)14(18(2)3)12-5-7-13(16)8-6-12/h5-8,14H,4,9-11H2,1-3H3,(H,17,19). The molecule has 1 atom stereocenters. The molecule has 1 rings (SSSR count). The molecule has 1 N–H and O–H groups in total. The first-order valence-corrected chi connectivity index (χ1v) is 6.83. The quantitative estimate of drug-likeness (QED) is 0.741. The summed E-state index contributed by atoms with van der Waals surface area (Å²) in [6.45, 7) is 3.72. The Labute approximate surface area is 119 Å². The molecule has 1 aromatic carbocycles. The van der Waals surface area contributed by atoms with Gasteiger partial charge in [-0.2, -0.15) is 0 Å². The zero-order chi connectivity index (χ0) is 15.0.